The Morgan fingerprint density at radius 3 is 2.39 bits per heavy atom. The normalized spacial score (nSPS) is 12.0. The lowest BCUT2D eigenvalue weighted by Gasteiger charge is -2.32. The molecule has 0 aliphatic heterocycles. The lowest BCUT2D eigenvalue weighted by molar-refractivity contribution is -0.140. The summed E-state index contributed by atoms with van der Waals surface area (Å²) in [5.74, 6) is -0.200. The predicted octanol–water partition coefficient (Wildman–Crippen LogP) is 3.06. The van der Waals surface area contributed by atoms with Crippen molar-refractivity contribution in [1.29, 1.82) is 0 Å². The Balaban J connectivity index is 2.44. The van der Waals surface area contributed by atoms with Crippen molar-refractivity contribution in [3.8, 4) is 5.75 Å². The van der Waals surface area contributed by atoms with E-state index in [4.69, 9.17) is 16.3 Å². The number of hydrogen-bond donors (Lipinski definition) is 1. The number of rotatable bonds is 11. The second-order valence-electron chi connectivity index (χ2n) is 7.44. The van der Waals surface area contributed by atoms with E-state index in [0.29, 0.717) is 23.7 Å². The minimum Gasteiger partial charge on any atom is -0.497 e. The van der Waals surface area contributed by atoms with Gasteiger partial charge in [-0.15, -0.1) is 0 Å². The number of amides is 2. The first-order valence-corrected chi connectivity index (χ1v) is 12.8. The number of carbonyl (C=O) groups excluding carboxylic acids is 2. The Morgan fingerprint density at radius 1 is 1.12 bits per heavy atom. The van der Waals surface area contributed by atoms with Gasteiger partial charge in [-0.2, -0.15) is 0 Å². The van der Waals surface area contributed by atoms with Crippen LogP contribution in [0, 0.1) is 0 Å². The molecule has 0 aliphatic carbocycles. The van der Waals surface area contributed by atoms with E-state index in [2.05, 4.69) is 5.32 Å². The maximum absolute atomic E-state index is 13.5. The number of halogens is 1. The predicted molar refractivity (Wildman–Crippen MR) is 130 cm³/mol. The minimum absolute atomic E-state index is 0.110. The molecule has 0 saturated heterocycles. The summed E-state index contributed by atoms with van der Waals surface area (Å²) in [5, 5.41) is 3.10. The van der Waals surface area contributed by atoms with Gasteiger partial charge in [0.05, 0.1) is 19.1 Å². The topological polar surface area (TPSA) is 96.0 Å². The molecule has 180 valence electrons. The molecule has 8 nitrogen and oxygen atoms in total. The maximum atomic E-state index is 13.5. The third-order valence-electron chi connectivity index (χ3n) is 5.00. The Kier molecular flexibility index (Phi) is 9.55. The van der Waals surface area contributed by atoms with Gasteiger partial charge in [-0.3, -0.25) is 13.9 Å². The Bertz CT molecular complexity index is 1080. The first-order valence-electron chi connectivity index (χ1n) is 10.5. The number of methoxy groups -OCH3 is 1. The average Bonchev–Trinajstić information content (AvgIpc) is 2.76. The molecule has 1 atom stereocenters. The van der Waals surface area contributed by atoms with Crippen LogP contribution >= 0.6 is 11.6 Å². The molecule has 2 aromatic carbocycles. The minimum atomic E-state index is -3.80. The van der Waals surface area contributed by atoms with Crippen LogP contribution in [0.25, 0.3) is 0 Å². The zero-order valence-electron chi connectivity index (χ0n) is 19.2. The molecule has 0 saturated carbocycles. The summed E-state index contributed by atoms with van der Waals surface area (Å²) in [6.07, 6.45) is 1.38. The number of benzene rings is 2. The first kappa shape index (κ1) is 26.5. The molecule has 0 unspecified atom stereocenters. The van der Waals surface area contributed by atoms with Crippen molar-refractivity contribution < 1.29 is 22.7 Å². The number of sulfonamides is 1. The molecule has 1 N–H and O–H groups in total. The van der Waals surface area contributed by atoms with E-state index >= 15 is 0 Å². The summed E-state index contributed by atoms with van der Waals surface area (Å²) < 4.78 is 31.3. The van der Waals surface area contributed by atoms with Crippen LogP contribution in [0.15, 0.2) is 48.5 Å². The van der Waals surface area contributed by atoms with Crippen LogP contribution in [-0.4, -0.2) is 57.6 Å². The molecule has 2 amide bonds. The van der Waals surface area contributed by atoms with Crippen molar-refractivity contribution in [3.63, 3.8) is 0 Å². The third kappa shape index (κ3) is 7.36. The van der Waals surface area contributed by atoms with Gasteiger partial charge < -0.3 is 15.0 Å². The van der Waals surface area contributed by atoms with Crippen LogP contribution in [0.4, 0.5) is 5.69 Å². The van der Waals surface area contributed by atoms with Crippen LogP contribution in [0.2, 0.25) is 5.02 Å². The van der Waals surface area contributed by atoms with E-state index in [9.17, 15) is 18.0 Å². The van der Waals surface area contributed by atoms with E-state index in [1.54, 1.807) is 57.4 Å². The molecule has 0 bridgehead atoms. The van der Waals surface area contributed by atoms with E-state index < -0.39 is 28.5 Å². The van der Waals surface area contributed by atoms with Gasteiger partial charge in [-0.05, 0) is 49.2 Å². The quantitative estimate of drug-likeness (QED) is 0.517. The van der Waals surface area contributed by atoms with Gasteiger partial charge in [-0.1, -0.05) is 36.7 Å². The Morgan fingerprint density at radius 2 is 1.82 bits per heavy atom. The molecule has 2 rings (SSSR count). The molecule has 0 heterocycles. The molecular weight excluding hydrogens is 466 g/mol. The van der Waals surface area contributed by atoms with Crippen molar-refractivity contribution in [3.05, 3.63) is 59.1 Å². The molecule has 0 aromatic heterocycles. The fourth-order valence-corrected chi connectivity index (χ4v) is 4.45. The third-order valence-corrected chi connectivity index (χ3v) is 6.38. The van der Waals surface area contributed by atoms with Crippen molar-refractivity contribution >= 4 is 39.1 Å². The van der Waals surface area contributed by atoms with Crippen molar-refractivity contribution in [1.82, 2.24) is 10.2 Å². The smallest absolute Gasteiger partial charge is 0.244 e. The lowest BCUT2D eigenvalue weighted by atomic mass is 10.1. The standard InChI is InChI=1S/C23H30ClN3O5S/c1-5-21(23(29)25-6-2)26(15-17-9-7-12-20(13-17)32-3)22(28)16-27(33(4,30)31)19-11-8-10-18(24)14-19/h7-14,21H,5-6,15-16H2,1-4H3,(H,25,29)/t21-/m0/s1. The van der Waals surface area contributed by atoms with Gasteiger partial charge >= 0.3 is 0 Å². The highest BCUT2D eigenvalue weighted by atomic mass is 35.5. The van der Waals surface area contributed by atoms with Crippen LogP contribution in [0.3, 0.4) is 0 Å². The lowest BCUT2D eigenvalue weighted by Crippen LogP contribution is -2.52. The van der Waals surface area contributed by atoms with Gasteiger partial charge in [0.1, 0.15) is 18.3 Å². The highest BCUT2D eigenvalue weighted by Gasteiger charge is 2.31. The maximum Gasteiger partial charge on any atom is 0.244 e. The van der Waals surface area contributed by atoms with Gasteiger partial charge in [-0.25, -0.2) is 8.42 Å². The molecule has 0 fully saturated rings. The Labute approximate surface area is 200 Å². The van der Waals surface area contributed by atoms with Crippen LogP contribution in [-0.2, 0) is 26.2 Å². The van der Waals surface area contributed by atoms with E-state index in [1.807, 2.05) is 6.07 Å². The van der Waals surface area contributed by atoms with E-state index in [1.165, 1.54) is 11.0 Å². The number of ether oxygens (including phenoxy) is 1. The summed E-state index contributed by atoms with van der Waals surface area (Å²) in [7, 11) is -2.26. The number of anilines is 1. The fraction of sp³-hybridized carbons (Fsp3) is 0.391. The summed E-state index contributed by atoms with van der Waals surface area (Å²) in [6, 6.07) is 12.7. The summed E-state index contributed by atoms with van der Waals surface area (Å²) in [4.78, 5) is 27.7. The highest BCUT2D eigenvalue weighted by Crippen LogP contribution is 2.23. The van der Waals surface area contributed by atoms with Gasteiger partial charge in [0.15, 0.2) is 0 Å². The van der Waals surface area contributed by atoms with Crippen molar-refractivity contribution in [2.75, 3.05) is 30.8 Å². The van der Waals surface area contributed by atoms with Gasteiger partial charge in [0.25, 0.3) is 0 Å². The van der Waals surface area contributed by atoms with Crippen LogP contribution in [0.5, 0.6) is 5.75 Å². The highest BCUT2D eigenvalue weighted by molar-refractivity contribution is 7.92. The monoisotopic (exact) mass is 495 g/mol. The second kappa shape index (κ2) is 11.9. The molecule has 0 aliphatic rings. The molecule has 0 spiro atoms. The van der Waals surface area contributed by atoms with E-state index in [0.717, 1.165) is 16.1 Å². The van der Waals surface area contributed by atoms with Crippen LogP contribution in [0.1, 0.15) is 25.8 Å². The van der Waals surface area contributed by atoms with Crippen molar-refractivity contribution in [2.24, 2.45) is 0 Å². The molecule has 33 heavy (non-hydrogen) atoms. The summed E-state index contributed by atoms with van der Waals surface area (Å²) in [5.41, 5.74) is 1.02. The van der Waals surface area contributed by atoms with Gasteiger partial charge in [0, 0.05) is 18.1 Å². The number of hydrogen-bond acceptors (Lipinski definition) is 5. The SMILES string of the molecule is CCNC(=O)[C@H](CC)N(Cc1cccc(OC)c1)C(=O)CN(c1cccc(Cl)c1)S(C)(=O)=O. The summed E-state index contributed by atoms with van der Waals surface area (Å²) >= 11 is 6.04. The summed E-state index contributed by atoms with van der Waals surface area (Å²) in [6.45, 7) is 3.65. The second-order valence-corrected chi connectivity index (χ2v) is 9.78. The Hall–Kier alpha value is -2.78. The van der Waals surface area contributed by atoms with Crippen LogP contribution < -0.4 is 14.4 Å². The molecule has 0 radical (unpaired) electrons. The zero-order valence-corrected chi connectivity index (χ0v) is 20.8. The van der Waals surface area contributed by atoms with Crippen molar-refractivity contribution in [2.45, 2.75) is 32.9 Å². The number of nitrogens with zero attached hydrogens (tertiary/aromatic N) is 2. The molecule has 10 heteroatoms. The fourth-order valence-electron chi connectivity index (χ4n) is 3.42. The molecule has 2 aromatic rings. The average molecular weight is 496 g/mol. The van der Waals surface area contributed by atoms with E-state index in [-0.39, 0.29) is 18.1 Å². The largest absolute Gasteiger partial charge is 0.497 e. The first-order chi connectivity index (χ1) is 15.6. The number of likely N-dealkylation sites (N-methyl/N-ethyl adjacent to an activating group) is 1. The molecular formula is C23H30ClN3O5S. The number of nitrogens with one attached hydrogen (secondary N) is 1. The number of carbonyl (C=O) groups is 2. The van der Waals surface area contributed by atoms with Gasteiger partial charge in [0.2, 0.25) is 21.8 Å². The zero-order chi connectivity index (χ0) is 24.6.